The average Bonchev–Trinajstić information content (AvgIpc) is 2.64. The second-order valence-corrected chi connectivity index (χ2v) is 6.34. The summed E-state index contributed by atoms with van der Waals surface area (Å²) in [4.78, 5) is 20.3. The molecule has 1 aromatic heterocycles. The number of halogens is 3. The quantitative estimate of drug-likeness (QED) is 0.744. The van der Waals surface area contributed by atoms with Gasteiger partial charge in [-0.15, -0.1) is 3.89 Å². The number of nitrogens with zero attached hydrogens (tertiary/aromatic N) is 3. The van der Waals surface area contributed by atoms with E-state index in [0.717, 1.165) is 4.90 Å². The summed E-state index contributed by atoms with van der Waals surface area (Å²) < 4.78 is 34.6. The fourth-order valence-corrected chi connectivity index (χ4v) is 2.55. The lowest BCUT2D eigenvalue weighted by Crippen LogP contribution is -2.27. The molecule has 1 aliphatic rings. The Morgan fingerprint density at radius 1 is 1.56 bits per heavy atom. The molecule has 1 aromatic rings. The maximum Gasteiger partial charge on any atom is 0.307 e. The first-order valence-electron chi connectivity index (χ1n) is 4.71. The molecule has 0 aliphatic carbocycles. The molecular weight excluding hydrogens is 353 g/mol. The van der Waals surface area contributed by atoms with Crippen LogP contribution in [0.15, 0.2) is 10.8 Å². The van der Waals surface area contributed by atoms with Crippen LogP contribution >= 0.6 is 27.5 Å². The van der Waals surface area contributed by atoms with Gasteiger partial charge in [0.1, 0.15) is 9.85 Å². The Bertz CT molecular complexity index is 612. The summed E-state index contributed by atoms with van der Waals surface area (Å²) in [5, 5.41) is -1.33. The Morgan fingerprint density at radius 2 is 2.22 bits per heavy atom. The molecule has 1 fully saturated rings. The first kappa shape index (κ1) is 13.6. The molecule has 2 heterocycles. The van der Waals surface area contributed by atoms with Crippen molar-refractivity contribution in [1.29, 1.82) is 0 Å². The molecule has 1 aliphatic heterocycles. The standard InChI is InChI=1S/C8H6BrClFN3O3S/c9-7-8(10)13-5(2-12-7)14-3-4(1-6(14)15)18(11,16)17/h2,4H,1,3H2. The summed E-state index contributed by atoms with van der Waals surface area (Å²) >= 11 is 8.75. The number of amides is 1. The highest BCUT2D eigenvalue weighted by Crippen LogP contribution is 2.26. The van der Waals surface area contributed by atoms with Crippen LogP contribution in [0, 0.1) is 0 Å². The number of carbonyl (C=O) groups excluding carboxylic acids is 1. The van der Waals surface area contributed by atoms with Crippen molar-refractivity contribution in [1.82, 2.24) is 9.97 Å². The largest absolute Gasteiger partial charge is 0.307 e. The van der Waals surface area contributed by atoms with Crippen LogP contribution < -0.4 is 4.90 Å². The van der Waals surface area contributed by atoms with Gasteiger partial charge in [0.15, 0.2) is 11.0 Å². The van der Waals surface area contributed by atoms with Crippen LogP contribution in [0.2, 0.25) is 5.15 Å². The lowest BCUT2D eigenvalue weighted by Gasteiger charge is -2.14. The Hall–Kier alpha value is -0.800. The third-order valence-corrected chi connectivity index (χ3v) is 4.62. The highest BCUT2D eigenvalue weighted by atomic mass is 79.9. The third-order valence-electron chi connectivity index (χ3n) is 2.44. The Labute approximate surface area is 116 Å². The number of hydrogen-bond acceptors (Lipinski definition) is 5. The molecule has 1 saturated heterocycles. The molecule has 18 heavy (non-hydrogen) atoms. The maximum atomic E-state index is 12.8. The van der Waals surface area contributed by atoms with Gasteiger partial charge in [-0.1, -0.05) is 11.6 Å². The highest BCUT2D eigenvalue weighted by molar-refractivity contribution is 9.10. The van der Waals surface area contributed by atoms with Crippen molar-refractivity contribution in [2.75, 3.05) is 11.4 Å². The van der Waals surface area contributed by atoms with Gasteiger partial charge in [0.2, 0.25) is 5.91 Å². The molecule has 0 radical (unpaired) electrons. The van der Waals surface area contributed by atoms with Gasteiger partial charge in [-0.2, -0.15) is 8.42 Å². The monoisotopic (exact) mass is 357 g/mol. The van der Waals surface area contributed by atoms with Crippen molar-refractivity contribution in [3.63, 3.8) is 0 Å². The maximum absolute atomic E-state index is 12.8. The van der Waals surface area contributed by atoms with E-state index in [1.165, 1.54) is 6.20 Å². The lowest BCUT2D eigenvalue weighted by atomic mass is 10.4. The number of carbonyl (C=O) groups is 1. The zero-order valence-electron chi connectivity index (χ0n) is 8.68. The minimum atomic E-state index is -4.75. The van der Waals surface area contributed by atoms with Gasteiger partial charge in [-0.25, -0.2) is 9.97 Å². The van der Waals surface area contributed by atoms with E-state index in [1.54, 1.807) is 0 Å². The van der Waals surface area contributed by atoms with Crippen LogP contribution in [0.5, 0.6) is 0 Å². The Kier molecular flexibility index (Phi) is 3.56. The molecule has 2 rings (SSSR count). The number of anilines is 1. The first-order chi connectivity index (χ1) is 8.29. The van der Waals surface area contributed by atoms with Gasteiger partial charge in [0.25, 0.3) is 0 Å². The van der Waals surface area contributed by atoms with Gasteiger partial charge < -0.3 is 0 Å². The zero-order chi connectivity index (χ0) is 13.5. The summed E-state index contributed by atoms with van der Waals surface area (Å²) in [7, 11) is -4.75. The van der Waals surface area contributed by atoms with E-state index in [-0.39, 0.29) is 17.5 Å². The Balaban J connectivity index is 2.30. The molecule has 0 aromatic carbocycles. The Morgan fingerprint density at radius 3 is 2.72 bits per heavy atom. The molecule has 98 valence electrons. The van der Waals surface area contributed by atoms with E-state index in [1.807, 2.05) is 0 Å². The average molecular weight is 359 g/mol. The van der Waals surface area contributed by atoms with Crippen molar-refractivity contribution in [2.24, 2.45) is 0 Å². The van der Waals surface area contributed by atoms with E-state index < -0.39 is 27.8 Å². The number of aromatic nitrogens is 2. The van der Waals surface area contributed by atoms with E-state index in [9.17, 15) is 17.1 Å². The van der Waals surface area contributed by atoms with Crippen molar-refractivity contribution < 1.29 is 17.1 Å². The molecule has 0 spiro atoms. The predicted molar refractivity (Wildman–Crippen MR) is 65.5 cm³/mol. The van der Waals surface area contributed by atoms with Crippen LogP contribution in [0.3, 0.4) is 0 Å². The minimum absolute atomic E-state index is 0.0341. The summed E-state index contributed by atoms with van der Waals surface area (Å²) in [5.74, 6) is -0.437. The van der Waals surface area contributed by atoms with E-state index in [0.29, 0.717) is 4.60 Å². The smallest absolute Gasteiger partial charge is 0.294 e. The van der Waals surface area contributed by atoms with Crippen LogP contribution in [0.1, 0.15) is 6.42 Å². The van der Waals surface area contributed by atoms with Gasteiger partial charge in [0.05, 0.1) is 6.20 Å². The minimum Gasteiger partial charge on any atom is -0.294 e. The molecule has 1 unspecified atom stereocenters. The van der Waals surface area contributed by atoms with Gasteiger partial charge in [-0.3, -0.25) is 9.69 Å². The molecule has 6 nitrogen and oxygen atoms in total. The van der Waals surface area contributed by atoms with Gasteiger partial charge in [0, 0.05) is 13.0 Å². The summed E-state index contributed by atoms with van der Waals surface area (Å²) in [5.41, 5.74) is 0. The SMILES string of the molecule is O=C1CC(S(=O)(=O)F)CN1c1cnc(Br)c(Cl)n1. The summed E-state index contributed by atoms with van der Waals surface area (Å²) in [6.45, 7) is -0.287. The molecular formula is C8H6BrClFN3O3S. The molecule has 10 heteroatoms. The number of rotatable bonds is 2. The third kappa shape index (κ3) is 2.62. The van der Waals surface area contributed by atoms with Crippen molar-refractivity contribution in [3.8, 4) is 0 Å². The van der Waals surface area contributed by atoms with Crippen molar-refractivity contribution in [3.05, 3.63) is 16.0 Å². The lowest BCUT2D eigenvalue weighted by molar-refractivity contribution is -0.117. The summed E-state index contributed by atoms with van der Waals surface area (Å²) in [6, 6.07) is 0. The molecule has 0 saturated carbocycles. The van der Waals surface area contributed by atoms with Crippen LogP contribution in [-0.4, -0.2) is 36.1 Å². The van der Waals surface area contributed by atoms with Crippen LogP contribution in [-0.2, 0) is 15.0 Å². The zero-order valence-corrected chi connectivity index (χ0v) is 11.8. The molecule has 0 bridgehead atoms. The van der Waals surface area contributed by atoms with E-state index in [4.69, 9.17) is 11.6 Å². The van der Waals surface area contributed by atoms with Crippen LogP contribution in [0.25, 0.3) is 0 Å². The first-order valence-corrected chi connectivity index (χ1v) is 7.32. The molecule has 1 amide bonds. The van der Waals surface area contributed by atoms with E-state index >= 15 is 0 Å². The predicted octanol–water partition coefficient (Wildman–Crippen LogP) is 1.30. The fraction of sp³-hybridized carbons (Fsp3) is 0.375. The van der Waals surface area contributed by atoms with Crippen molar-refractivity contribution in [2.45, 2.75) is 11.7 Å². The molecule has 0 N–H and O–H groups in total. The normalized spacial score (nSPS) is 20.5. The van der Waals surface area contributed by atoms with Crippen LogP contribution in [0.4, 0.5) is 9.70 Å². The van der Waals surface area contributed by atoms with Gasteiger partial charge in [-0.05, 0) is 15.9 Å². The highest BCUT2D eigenvalue weighted by Gasteiger charge is 2.39. The summed E-state index contributed by atoms with van der Waals surface area (Å²) in [6.07, 6.45) is 0.843. The second-order valence-electron chi connectivity index (χ2n) is 3.62. The van der Waals surface area contributed by atoms with Gasteiger partial charge >= 0.3 is 10.2 Å². The molecule has 1 atom stereocenters. The fourth-order valence-electron chi connectivity index (χ4n) is 1.56. The topological polar surface area (TPSA) is 80.2 Å². The van der Waals surface area contributed by atoms with E-state index in [2.05, 4.69) is 25.9 Å². The van der Waals surface area contributed by atoms with Crippen molar-refractivity contribution >= 4 is 49.5 Å². The second kappa shape index (κ2) is 4.71. The number of hydrogen-bond donors (Lipinski definition) is 0.